The molecule has 2 aromatic rings. The monoisotopic (exact) mass is 244 g/mol. The second-order valence-corrected chi connectivity index (χ2v) is 4.97. The van der Waals surface area contributed by atoms with Gasteiger partial charge in [-0.3, -0.25) is 4.99 Å². The fourth-order valence-corrected chi connectivity index (χ4v) is 2.88. The van der Waals surface area contributed by atoms with Gasteiger partial charge in [0.1, 0.15) is 17.0 Å². The third kappa shape index (κ3) is 2.42. The normalized spacial score (nSPS) is 19.3. The van der Waals surface area contributed by atoms with Crippen molar-refractivity contribution in [2.24, 2.45) is 4.99 Å². The number of rotatable bonds is 3. The van der Waals surface area contributed by atoms with E-state index in [1.165, 1.54) is 12.0 Å². The van der Waals surface area contributed by atoms with Gasteiger partial charge in [-0.05, 0) is 12.0 Å². The van der Waals surface area contributed by atoms with Crippen LogP contribution in [0.4, 0.5) is 0 Å². The van der Waals surface area contributed by atoms with Crippen LogP contribution in [-0.4, -0.2) is 21.8 Å². The molecule has 0 radical (unpaired) electrons. The van der Waals surface area contributed by atoms with Crippen LogP contribution in [-0.2, 0) is 6.42 Å². The Morgan fingerprint density at radius 1 is 1.29 bits per heavy atom. The lowest BCUT2D eigenvalue weighted by molar-refractivity contribution is 0.557. The molecule has 0 aliphatic carbocycles. The Morgan fingerprint density at radius 3 is 2.94 bits per heavy atom. The molecule has 3 nitrogen and oxygen atoms in total. The number of hydrogen-bond donors (Lipinski definition) is 0. The summed E-state index contributed by atoms with van der Waals surface area (Å²) >= 11 is 1.75. The minimum absolute atomic E-state index is 0.356. The fraction of sp³-hybridized carbons (Fsp3) is 0.231. The predicted octanol–water partition coefficient (Wildman–Crippen LogP) is 2.78. The third-order valence-electron chi connectivity index (χ3n) is 2.68. The summed E-state index contributed by atoms with van der Waals surface area (Å²) < 4.78 is 4.98. The molecule has 1 aromatic heterocycles. The molecular formula is C13H12N2OS. The maximum atomic E-state index is 4.98. The van der Waals surface area contributed by atoms with Gasteiger partial charge in [0.2, 0.25) is 0 Å². The number of aliphatic imine (C=N–C) groups is 1. The van der Waals surface area contributed by atoms with Gasteiger partial charge in [-0.2, -0.15) is 0 Å². The van der Waals surface area contributed by atoms with Crippen LogP contribution < -0.4 is 0 Å². The molecular weight excluding hydrogens is 232 g/mol. The van der Waals surface area contributed by atoms with E-state index in [9.17, 15) is 0 Å². The van der Waals surface area contributed by atoms with Crippen LogP contribution in [0.15, 0.2) is 52.4 Å². The van der Waals surface area contributed by atoms with Crippen molar-refractivity contribution < 1.29 is 4.42 Å². The van der Waals surface area contributed by atoms with Gasteiger partial charge in [0.15, 0.2) is 6.39 Å². The van der Waals surface area contributed by atoms with Crippen LogP contribution in [0.25, 0.3) is 0 Å². The SMILES string of the molecule is c1ccc(CC2CSC(c3cocn3)=N2)cc1. The first kappa shape index (κ1) is 10.6. The molecule has 1 aliphatic rings. The highest BCUT2D eigenvalue weighted by Gasteiger charge is 2.20. The minimum Gasteiger partial charge on any atom is -0.451 e. The summed E-state index contributed by atoms with van der Waals surface area (Å²) in [6.45, 7) is 0. The lowest BCUT2D eigenvalue weighted by Gasteiger charge is -2.04. The molecule has 4 heteroatoms. The second-order valence-electron chi connectivity index (χ2n) is 3.96. The van der Waals surface area contributed by atoms with Crippen LogP contribution in [0.2, 0.25) is 0 Å². The Labute approximate surface area is 104 Å². The first-order valence-corrected chi connectivity index (χ1v) is 6.53. The zero-order chi connectivity index (χ0) is 11.5. The number of oxazole rings is 1. The van der Waals surface area contributed by atoms with E-state index in [0.29, 0.717) is 6.04 Å². The van der Waals surface area contributed by atoms with Crippen LogP contribution in [0.5, 0.6) is 0 Å². The lowest BCUT2D eigenvalue weighted by atomic mass is 10.1. The molecule has 86 valence electrons. The molecule has 1 unspecified atom stereocenters. The maximum absolute atomic E-state index is 4.98. The summed E-state index contributed by atoms with van der Waals surface area (Å²) in [4.78, 5) is 8.80. The van der Waals surface area contributed by atoms with Gasteiger partial charge in [0.25, 0.3) is 0 Å². The molecule has 2 heterocycles. The largest absolute Gasteiger partial charge is 0.451 e. The topological polar surface area (TPSA) is 38.4 Å². The van der Waals surface area contributed by atoms with Crippen molar-refractivity contribution in [3.8, 4) is 0 Å². The van der Waals surface area contributed by atoms with Gasteiger partial charge in [0.05, 0.1) is 6.04 Å². The first-order valence-electron chi connectivity index (χ1n) is 5.55. The molecule has 0 fully saturated rings. The van der Waals surface area contributed by atoms with E-state index >= 15 is 0 Å². The predicted molar refractivity (Wildman–Crippen MR) is 69.4 cm³/mol. The third-order valence-corrected chi connectivity index (χ3v) is 3.82. The molecule has 3 rings (SSSR count). The van der Waals surface area contributed by atoms with Crippen molar-refractivity contribution in [1.29, 1.82) is 0 Å². The summed E-state index contributed by atoms with van der Waals surface area (Å²) in [5.41, 5.74) is 2.19. The number of nitrogens with zero attached hydrogens (tertiary/aromatic N) is 2. The first-order chi connectivity index (χ1) is 8.42. The molecule has 1 aliphatic heterocycles. The Morgan fingerprint density at radius 2 is 2.18 bits per heavy atom. The van der Waals surface area contributed by atoms with Crippen LogP contribution in [0.3, 0.4) is 0 Å². The number of benzene rings is 1. The van der Waals surface area contributed by atoms with E-state index < -0.39 is 0 Å². The van der Waals surface area contributed by atoms with Crippen molar-refractivity contribution in [3.63, 3.8) is 0 Å². The zero-order valence-corrected chi connectivity index (χ0v) is 10.1. The van der Waals surface area contributed by atoms with Gasteiger partial charge in [-0.15, -0.1) is 11.8 Å². The average molecular weight is 244 g/mol. The van der Waals surface area contributed by atoms with Gasteiger partial charge in [-0.1, -0.05) is 30.3 Å². The maximum Gasteiger partial charge on any atom is 0.181 e. The number of thioether (sulfide) groups is 1. The molecule has 0 amide bonds. The number of hydrogen-bond acceptors (Lipinski definition) is 4. The standard InChI is InChI=1S/C13H12N2OS/c1-2-4-10(5-3-1)6-11-8-17-13(15-11)12-7-16-9-14-12/h1-5,7,9,11H,6,8H2. The summed E-state index contributed by atoms with van der Waals surface area (Å²) in [6, 6.07) is 10.8. The lowest BCUT2D eigenvalue weighted by Crippen LogP contribution is -2.07. The average Bonchev–Trinajstić information content (AvgIpc) is 3.00. The molecule has 1 atom stereocenters. The molecule has 0 saturated carbocycles. The van der Waals surface area contributed by atoms with Crippen molar-refractivity contribution in [2.45, 2.75) is 12.5 Å². The molecule has 1 aromatic carbocycles. The fourth-order valence-electron chi connectivity index (χ4n) is 1.86. The van der Waals surface area contributed by atoms with Crippen LogP contribution in [0.1, 0.15) is 11.3 Å². The van der Waals surface area contributed by atoms with Crippen LogP contribution in [0, 0.1) is 0 Å². The summed E-state index contributed by atoms with van der Waals surface area (Å²) in [5, 5.41) is 1.000. The van der Waals surface area contributed by atoms with Crippen molar-refractivity contribution in [1.82, 2.24) is 4.98 Å². The molecule has 0 N–H and O–H groups in total. The molecule has 0 bridgehead atoms. The van der Waals surface area contributed by atoms with Crippen molar-refractivity contribution in [2.75, 3.05) is 5.75 Å². The van der Waals surface area contributed by atoms with Crippen molar-refractivity contribution >= 4 is 16.8 Å². The van der Waals surface area contributed by atoms with Gasteiger partial charge < -0.3 is 4.42 Å². The quantitative estimate of drug-likeness (QED) is 0.833. The van der Waals surface area contributed by atoms with Crippen molar-refractivity contribution in [3.05, 3.63) is 54.2 Å². The Hall–Kier alpha value is -1.55. The molecule has 0 spiro atoms. The van der Waals surface area contributed by atoms with E-state index in [1.807, 2.05) is 6.07 Å². The van der Waals surface area contributed by atoms with Crippen LogP contribution >= 0.6 is 11.8 Å². The summed E-state index contributed by atoms with van der Waals surface area (Å²) in [5.74, 6) is 1.02. The number of aromatic nitrogens is 1. The highest BCUT2D eigenvalue weighted by Crippen LogP contribution is 2.24. The summed E-state index contributed by atoms with van der Waals surface area (Å²) in [7, 11) is 0. The smallest absolute Gasteiger partial charge is 0.181 e. The van der Waals surface area contributed by atoms with E-state index in [4.69, 9.17) is 4.42 Å². The minimum atomic E-state index is 0.356. The summed E-state index contributed by atoms with van der Waals surface area (Å²) in [6.07, 6.45) is 4.09. The highest BCUT2D eigenvalue weighted by atomic mass is 32.2. The van der Waals surface area contributed by atoms with Gasteiger partial charge in [-0.25, -0.2) is 4.98 Å². The van der Waals surface area contributed by atoms with E-state index in [2.05, 4.69) is 34.2 Å². The second kappa shape index (κ2) is 4.75. The molecule has 0 saturated heterocycles. The van der Waals surface area contributed by atoms with Gasteiger partial charge in [0, 0.05) is 5.75 Å². The van der Waals surface area contributed by atoms with Gasteiger partial charge >= 0.3 is 0 Å². The Balaban J connectivity index is 1.71. The Kier molecular flexibility index (Phi) is 2.96. The Bertz CT molecular complexity index is 507. The zero-order valence-electron chi connectivity index (χ0n) is 9.24. The highest BCUT2D eigenvalue weighted by molar-refractivity contribution is 8.14. The molecule has 17 heavy (non-hydrogen) atoms. The van der Waals surface area contributed by atoms with E-state index in [1.54, 1.807) is 18.0 Å². The van der Waals surface area contributed by atoms with E-state index in [0.717, 1.165) is 22.9 Å². The van der Waals surface area contributed by atoms with E-state index in [-0.39, 0.29) is 0 Å².